The molecular weight excluding hydrogens is 352 g/mol. The summed E-state index contributed by atoms with van der Waals surface area (Å²) in [7, 11) is 0. The second kappa shape index (κ2) is 8.08. The number of benzene rings is 2. The molecule has 0 saturated heterocycles. The molecule has 6 nitrogen and oxygen atoms in total. The van der Waals surface area contributed by atoms with Crippen LogP contribution in [0.15, 0.2) is 66.7 Å². The van der Waals surface area contributed by atoms with Gasteiger partial charge in [0.2, 0.25) is 0 Å². The molecule has 2 aromatic carbocycles. The highest BCUT2D eigenvalue weighted by Gasteiger charge is 2.27. The number of fused-ring (bicyclic) bond motifs is 1. The van der Waals surface area contributed by atoms with Crippen LogP contribution in [0.4, 0.5) is 0 Å². The molecule has 4 rings (SSSR count). The van der Waals surface area contributed by atoms with Crippen molar-refractivity contribution in [2.45, 2.75) is 19.5 Å². The molecule has 3 aromatic rings. The molecule has 0 atom stereocenters. The molecule has 0 aliphatic carbocycles. The van der Waals surface area contributed by atoms with Crippen LogP contribution in [0.25, 0.3) is 0 Å². The SMILES string of the molecule is O=C(NCCc1ccccc1)c1cc2n(n1)CCN(Cc1ccccc1)C2=O. The van der Waals surface area contributed by atoms with Gasteiger partial charge >= 0.3 is 0 Å². The van der Waals surface area contributed by atoms with Crippen molar-refractivity contribution in [3.05, 3.63) is 89.2 Å². The van der Waals surface area contributed by atoms with Gasteiger partial charge in [-0.1, -0.05) is 60.7 Å². The minimum absolute atomic E-state index is 0.0917. The van der Waals surface area contributed by atoms with E-state index in [1.54, 1.807) is 15.6 Å². The number of nitrogens with one attached hydrogen (secondary N) is 1. The summed E-state index contributed by atoms with van der Waals surface area (Å²) in [6.07, 6.45) is 0.754. The Morgan fingerprint density at radius 3 is 2.36 bits per heavy atom. The summed E-state index contributed by atoms with van der Waals surface area (Å²) < 4.78 is 1.63. The van der Waals surface area contributed by atoms with E-state index in [1.165, 1.54) is 5.56 Å². The van der Waals surface area contributed by atoms with Gasteiger partial charge in [0.05, 0.1) is 6.54 Å². The van der Waals surface area contributed by atoms with E-state index in [-0.39, 0.29) is 17.5 Å². The molecule has 1 N–H and O–H groups in total. The number of hydrogen-bond donors (Lipinski definition) is 1. The number of carbonyl (C=O) groups excluding carboxylic acids is 2. The highest BCUT2D eigenvalue weighted by molar-refractivity contribution is 5.98. The Hall–Kier alpha value is -3.41. The zero-order valence-corrected chi connectivity index (χ0v) is 15.5. The van der Waals surface area contributed by atoms with Crippen LogP contribution in [0, 0.1) is 0 Å². The van der Waals surface area contributed by atoms with Gasteiger partial charge in [0.25, 0.3) is 11.8 Å². The quantitative estimate of drug-likeness (QED) is 0.721. The van der Waals surface area contributed by atoms with Crippen LogP contribution >= 0.6 is 0 Å². The van der Waals surface area contributed by atoms with Crippen LogP contribution in [0.1, 0.15) is 32.1 Å². The van der Waals surface area contributed by atoms with Crippen molar-refractivity contribution < 1.29 is 9.59 Å². The monoisotopic (exact) mass is 374 g/mol. The average Bonchev–Trinajstić information content (AvgIpc) is 3.17. The Morgan fingerprint density at radius 2 is 1.64 bits per heavy atom. The topological polar surface area (TPSA) is 67.2 Å². The molecule has 28 heavy (non-hydrogen) atoms. The average molecular weight is 374 g/mol. The van der Waals surface area contributed by atoms with Gasteiger partial charge in [-0.15, -0.1) is 0 Å². The summed E-state index contributed by atoms with van der Waals surface area (Å²) in [6, 6.07) is 21.5. The van der Waals surface area contributed by atoms with Gasteiger partial charge in [-0.25, -0.2) is 0 Å². The van der Waals surface area contributed by atoms with Crippen LogP contribution < -0.4 is 5.32 Å². The molecule has 2 amide bonds. The molecule has 0 saturated carbocycles. The third-order valence-corrected chi connectivity index (χ3v) is 4.86. The number of nitrogens with zero attached hydrogens (tertiary/aromatic N) is 3. The van der Waals surface area contributed by atoms with Gasteiger partial charge in [0.15, 0.2) is 5.69 Å². The van der Waals surface area contributed by atoms with Crippen LogP contribution in [0.3, 0.4) is 0 Å². The summed E-state index contributed by atoms with van der Waals surface area (Å²) in [4.78, 5) is 27.0. The second-order valence-electron chi connectivity index (χ2n) is 6.84. The lowest BCUT2D eigenvalue weighted by Crippen LogP contribution is -2.39. The predicted molar refractivity (Wildman–Crippen MR) is 106 cm³/mol. The lowest BCUT2D eigenvalue weighted by Gasteiger charge is -2.27. The molecule has 6 heteroatoms. The van der Waals surface area contributed by atoms with Gasteiger partial charge in [0.1, 0.15) is 5.69 Å². The van der Waals surface area contributed by atoms with Gasteiger partial charge in [-0.2, -0.15) is 5.10 Å². The Labute approximate surface area is 163 Å². The molecule has 1 aliphatic heterocycles. The fourth-order valence-corrected chi connectivity index (χ4v) is 3.36. The van der Waals surface area contributed by atoms with Crippen molar-refractivity contribution in [1.82, 2.24) is 20.0 Å². The summed E-state index contributed by atoms with van der Waals surface area (Å²) in [5.74, 6) is -0.342. The number of aromatic nitrogens is 2. The minimum atomic E-state index is -0.250. The van der Waals surface area contributed by atoms with Crippen LogP contribution in [-0.2, 0) is 19.5 Å². The molecule has 0 fully saturated rings. The minimum Gasteiger partial charge on any atom is -0.350 e. The summed E-state index contributed by atoms with van der Waals surface area (Å²) in [5, 5.41) is 7.21. The van der Waals surface area contributed by atoms with Crippen molar-refractivity contribution in [1.29, 1.82) is 0 Å². The van der Waals surface area contributed by atoms with Gasteiger partial charge in [0, 0.05) is 25.7 Å². The third-order valence-electron chi connectivity index (χ3n) is 4.86. The number of hydrogen-bond acceptors (Lipinski definition) is 3. The number of amides is 2. The largest absolute Gasteiger partial charge is 0.350 e. The summed E-state index contributed by atoms with van der Waals surface area (Å²) in [5.41, 5.74) is 3.01. The van der Waals surface area contributed by atoms with Crippen molar-refractivity contribution in [2.24, 2.45) is 0 Å². The standard InChI is InChI=1S/C22H22N4O2/c27-21(23-12-11-17-7-3-1-4-8-17)19-15-20-22(28)25(13-14-26(20)24-19)16-18-9-5-2-6-10-18/h1-10,15H,11-14,16H2,(H,23,27). The highest BCUT2D eigenvalue weighted by atomic mass is 16.2. The summed E-state index contributed by atoms with van der Waals surface area (Å²) in [6.45, 7) is 2.26. The molecule has 0 spiro atoms. The fourth-order valence-electron chi connectivity index (χ4n) is 3.36. The van der Waals surface area contributed by atoms with Crippen LogP contribution in [-0.4, -0.2) is 39.6 Å². The molecule has 0 unspecified atom stereocenters. The molecule has 1 aromatic heterocycles. The molecule has 142 valence electrons. The highest BCUT2D eigenvalue weighted by Crippen LogP contribution is 2.16. The maximum absolute atomic E-state index is 12.8. The Morgan fingerprint density at radius 1 is 0.964 bits per heavy atom. The second-order valence-corrected chi connectivity index (χ2v) is 6.84. The van der Waals surface area contributed by atoms with E-state index in [4.69, 9.17) is 0 Å². The normalized spacial score (nSPS) is 13.3. The Kier molecular flexibility index (Phi) is 5.19. The van der Waals surface area contributed by atoms with E-state index < -0.39 is 0 Å². The van der Waals surface area contributed by atoms with E-state index in [9.17, 15) is 9.59 Å². The first-order valence-electron chi connectivity index (χ1n) is 9.44. The molecule has 1 aliphatic rings. The molecular formula is C22H22N4O2. The van der Waals surface area contributed by atoms with E-state index in [1.807, 2.05) is 60.7 Å². The van der Waals surface area contributed by atoms with Gasteiger partial charge in [-0.05, 0) is 17.5 Å². The van der Waals surface area contributed by atoms with E-state index in [0.717, 1.165) is 12.0 Å². The maximum Gasteiger partial charge on any atom is 0.272 e. The maximum atomic E-state index is 12.8. The lowest BCUT2D eigenvalue weighted by molar-refractivity contribution is 0.0683. The van der Waals surface area contributed by atoms with Gasteiger partial charge in [-0.3, -0.25) is 14.3 Å². The number of rotatable bonds is 6. The molecule has 0 radical (unpaired) electrons. The molecule has 2 heterocycles. The predicted octanol–water partition coefficient (Wildman–Crippen LogP) is 2.51. The molecule has 0 bridgehead atoms. The van der Waals surface area contributed by atoms with E-state index in [0.29, 0.717) is 31.9 Å². The smallest absolute Gasteiger partial charge is 0.272 e. The van der Waals surface area contributed by atoms with Crippen molar-refractivity contribution in [3.63, 3.8) is 0 Å². The van der Waals surface area contributed by atoms with Crippen molar-refractivity contribution in [2.75, 3.05) is 13.1 Å². The first-order chi connectivity index (χ1) is 13.7. The lowest BCUT2D eigenvalue weighted by atomic mass is 10.1. The fraction of sp³-hybridized carbons (Fsp3) is 0.227. The van der Waals surface area contributed by atoms with E-state index >= 15 is 0 Å². The van der Waals surface area contributed by atoms with Crippen LogP contribution in [0.5, 0.6) is 0 Å². The number of carbonyl (C=O) groups is 2. The zero-order valence-electron chi connectivity index (χ0n) is 15.5. The van der Waals surface area contributed by atoms with Crippen LogP contribution in [0.2, 0.25) is 0 Å². The van der Waals surface area contributed by atoms with E-state index in [2.05, 4.69) is 10.4 Å². The van der Waals surface area contributed by atoms with Crippen molar-refractivity contribution in [3.8, 4) is 0 Å². The Bertz CT molecular complexity index is 967. The van der Waals surface area contributed by atoms with Gasteiger partial charge < -0.3 is 10.2 Å². The zero-order chi connectivity index (χ0) is 19.3. The summed E-state index contributed by atoms with van der Waals surface area (Å²) >= 11 is 0. The van der Waals surface area contributed by atoms with Crippen molar-refractivity contribution >= 4 is 11.8 Å². The first-order valence-corrected chi connectivity index (χ1v) is 9.44. The first kappa shape index (κ1) is 18.0. The Balaban J connectivity index is 1.38. The third kappa shape index (κ3) is 3.96.